The second-order valence-electron chi connectivity index (χ2n) is 6.96. The van der Waals surface area contributed by atoms with E-state index in [0.29, 0.717) is 0 Å². The molecule has 0 aliphatic carbocycles. The summed E-state index contributed by atoms with van der Waals surface area (Å²) >= 11 is 1.48. The molecule has 1 aromatic heterocycles. The highest BCUT2D eigenvalue weighted by Gasteiger charge is 2.17. The van der Waals surface area contributed by atoms with Crippen LogP contribution in [0.5, 0.6) is 0 Å². The van der Waals surface area contributed by atoms with E-state index in [0.717, 1.165) is 32.7 Å². The number of thioether (sulfide) groups is 1. The lowest BCUT2D eigenvalue weighted by atomic mass is 10.0. The molecule has 0 saturated heterocycles. The molecular formula is C25H22N2OS. The quantitative estimate of drug-likeness (QED) is 0.399. The minimum absolute atomic E-state index is 0.0361. The molecule has 4 heteroatoms. The zero-order valence-electron chi connectivity index (χ0n) is 16.4. The number of carbonyl (C=O) groups excluding carboxylic acids is 1. The Hall–Kier alpha value is -3.11. The summed E-state index contributed by atoms with van der Waals surface area (Å²) in [5.74, 6) is -0.0361. The molecule has 4 aromatic rings. The third-order valence-corrected chi connectivity index (χ3v) is 5.85. The van der Waals surface area contributed by atoms with E-state index in [1.54, 1.807) is 0 Å². The van der Waals surface area contributed by atoms with E-state index in [9.17, 15) is 4.79 Å². The number of benzene rings is 3. The van der Waals surface area contributed by atoms with Gasteiger partial charge in [-0.1, -0.05) is 78.5 Å². The summed E-state index contributed by atoms with van der Waals surface area (Å²) in [6.07, 6.45) is 0. The molecule has 1 heterocycles. The zero-order chi connectivity index (χ0) is 20.2. The number of rotatable bonds is 5. The van der Waals surface area contributed by atoms with Crippen molar-refractivity contribution in [3.63, 3.8) is 0 Å². The minimum Gasteiger partial charge on any atom is -0.325 e. The van der Waals surface area contributed by atoms with Crippen LogP contribution in [-0.4, -0.2) is 16.1 Å². The molecule has 3 aromatic carbocycles. The first-order valence-electron chi connectivity index (χ1n) is 9.60. The van der Waals surface area contributed by atoms with Crippen LogP contribution in [0.4, 0.5) is 5.69 Å². The van der Waals surface area contributed by atoms with E-state index >= 15 is 0 Å². The average Bonchev–Trinajstić information content (AvgIpc) is 2.75. The molecule has 0 fully saturated rings. The van der Waals surface area contributed by atoms with Gasteiger partial charge in [-0.15, -0.1) is 0 Å². The molecule has 29 heavy (non-hydrogen) atoms. The number of nitrogens with zero attached hydrogens (tertiary/aromatic N) is 1. The topological polar surface area (TPSA) is 42.0 Å². The number of fused-ring (bicyclic) bond motifs is 1. The van der Waals surface area contributed by atoms with E-state index < -0.39 is 0 Å². The van der Waals surface area contributed by atoms with Crippen LogP contribution in [0.1, 0.15) is 12.5 Å². The van der Waals surface area contributed by atoms with Crippen molar-refractivity contribution in [1.82, 2.24) is 4.98 Å². The van der Waals surface area contributed by atoms with Gasteiger partial charge in [0, 0.05) is 16.6 Å². The number of pyridine rings is 1. The zero-order valence-corrected chi connectivity index (χ0v) is 17.2. The predicted octanol–water partition coefficient (Wildman–Crippen LogP) is 6.33. The van der Waals surface area contributed by atoms with Gasteiger partial charge in [0.15, 0.2) is 0 Å². The number of aryl methyl sites for hydroxylation is 1. The molecule has 3 nitrogen and oxygen atoms in total. The summed E-state index contributed by atoms with van der Waals surface area (Å²) in [5.41, 5.74) is 5.03. The Kier molecular flexibility index (Phi) is 5.63. The molecule has 0 spiro atoms. The normalized spacial score (nSPS) is 11.9. The summed E-state index contributed by atoms with van der Waals surface area (Å²) in [7, 11) is 0. The smallest absolute Gasteiger partial charge is 0.237 e. The largest absolute Gasteiger partial charge is 0.325 e. The van der Waals surface area contributed by atoms with Gasteiger partial charge in [-0.25, -0.2) is 4.98 Å². The Morgan fingerprint density at radius 1 is 0.931 bits per heavy atom. The summed E-state index contributed by atoms with van der Waals surface area (Å²) in [6.45, 7) is 3.99. The molecule has 1 N–H and O–H groups in total. The molecular weight excluding hydrogens is 376 g/mol. The Bertz CT molecular complexity index is 1160. The van der Waals surface area contributed by atoms with Crippen LogP contribution in [0.3, 0.4) is 0 Å². The van der Waals surface area contributed by atoms with Gasteiger partial charge in [-0.05, 0) is 43.2 Å². The number of aromatic nitrogens is 1. The molecule has 1 amide bonds. The molecule has 0 saturated carbocycles. The SMILES string of the molecule is Cc1cc(S[C@H](C)C(=O)Nc2ccccc2-c2ccccc2)nc2ccccc12. The second-order valence-corrected chi connectivity index (χ2v) is 8.32. The Morgan fingerprint density at radius 3 is 2.45 bits per heavy atom. The van der Waals surface area contributed by atoms with Crippen LogP contribution in [-0.2, 0) is 4.79 Å². The van der Waals surface area contributed by atoms with E-state index in [4.69, 9.17) is 4.98 Å². The predicted molar refractivity (Wildman–Crippen MR) is 122 cm³/mol. The van der Waals surface area contributed by atoms with Gasteiger partial charge >= 0.3 is 0 Å². The van der Waals surface area contributed by atoms with Gasteiger partial charge in [0.25, 0.3) is 0 Å². The van der Waals surface area contributed by atoms with E-state index in [2.05, 4.69) is 24.4 Å². The monoisotopic (exact) mass is 398 g/mol. The highest BCUT2D eigenvalue weighted by atomic mass is 32.2. The van der Waals surface area contributed by atoms with Crippen LogP contribution >= 0.6 is 11.8 Å². The van der Waals surface area contributed by atoms with Gasteiger partial charge in [-0.2, -0.15) is 0 Å². The summed E-state index contributed by atoms with van der Waals surface area (Å²) < 4.78 is 0. The lowest BCUT2D eigenvalue weighted by Gasteiger charge is -2.15. The molecule has 4 rings (SSSR count). The minimum atomic E-state index is -0.271. The van der Waals surface area contributed by atoms with Gasteiger partial charge < -0.3 is 5.32 Å². The van der Waals surface area contributed by atoms with Crippen molar-refractivity contribution in [1.29, 1.82) is 0 Å². The number of hydrogen-bond acceptors (Lipinski definition) is 3. The Morgan fingerprint density at radius 2 is 1.62 bits per heavy atom. The number of anilines is 1. The van der Waals surface area contributed by atoms with Crippen molar-refractivity contribution in [2.45, 2.75) is 24.1 Å². The molecule has 0 bridgehead atoms. The van der Waals surface area contributed by atoms with Crippen molar-refractivity contribution in [3.8, 4) is 11.1 Å². The molecule has 0 unspecified atom stereocenters. The summed E-state index contributed by atoms with van der Waals surface area (Å²) in [5, 5.41) is 4.83. The summed E-state index contributed by atoms with van der Waals surface area (Å²) in [6, 6.07) is 28.1. The average molecular weight is 399 g/mol. The second kappa shape index (κ2) is 8.50. The van der Waals surface area contributed by atoms with Gasteiger partial charge in [0.05, 0.1) is 15.8 Å². The number of carbonyl (C=O) groups is 1. The van der Waals surface area contributed by atoms with Crippen LogP contribution < -0.4 is 5.32 Å². The maximum Gasteiger partial charge on any atom is 0.237 e. The molecule has 0 aliphatic heterocycles. The third-order valence-electron chi connectivity index (χ3n) is 4.84. The first-order chi connectivity index (χ1) is 14.1. The van der Waals surface area contributed by atoms with Crippen molar-refractivity contribution in [2.75, 3.05) is 5.32 Å². The van der Waals surface area contributed by atoms with Gasteiger partial charge in [0.1, 0.15) is 0 Å². The highest BCUT2D eigenvalue weighted by Crippen LogP contribution is 2.30. The molecule has 0 radical (unpaired) electrons. The maximum absolute atomic E-state index is 12.9. The van der Waals surface area contributed by atoms with E-state index in [1.807, 2.05) is 79.7 Å². The van der Waals surface area contributed by atoms with Crippen molar-refractivity contribution < 1.29 is 4.79 Å². The molecule has 1 atom stereocenters. The fourth-order valence-electron chi connectivity index (χ4n) is 3.31. The van der Waals surface area contributed by atoms with Gasteiger partial charge in [0.2, 0.25) is 5.91 Å². The van der Waals surface area contributed by atoms with Crippen molar-refractivity contribution in [3.05, 3.63) is 90.5 Å². The maximum atomic E-state index is 12.9. The highest BCUT2D eigenvalue weighted by molar-refractivity contribution is 8.00. The van der Waals surface area contributed by atoms with Crippen LogP contribution in [0.2, 0.25) is 0 Å². The molecule has 0 aliphatic rings. The van der Waals surface area contributed by atoms with Gasteiger partial charge in [-0.3, -0.25) is 4.79 Å². The van der Waals surface area contributed by atoms with Crippen LogP contribution in [0, 0.1) is 6.92 Å². The number of amides is 1. The van der Waals surface area contributed by atoms with Crippen molar-refractivity contribution >= 4 is 34.3 Å². The third kappa shape index (κ3) is 4.33. The molecule has 144 valence electrons. The Labute approximate surface area is 175 Å². The lowest BCUT2D eigenvalue weighted by Crippen LogP contribution is -2.22. The Balaban J connectivity index is 1.53. The number of nitrogens with one attached hydrogen (secondary N) is 1. The number of hydrogen-bond donors (Lipinski definition) is 1. The van der Waals surface area contributed by atoms with Crippen LogP contribution in [0.25, 0.3) is 22.0 Å². The van der Waals surface area contributed by atoms with E-state index in [-0.39, 0.29) is 11.2 Å². The first kappa shape index (κ1) is 19.2. The standard InChI is InChI=1S/C25H22N2OS/c1-17-16-24(26-22-14-8-6-12-20(17)22)29-18(2)25(28)27-23-15-9-7-13-21(23)19-10-4-3-5-11-19/h3-16,18H,1-2H3,(H,27,28)/t18-/m1/s1. The fraction of sp³-hybridized carbons (Fsp3) is 0.120. The van der Waals surface area contributed by atoms with Crippen molar-refractivity contribution in [2.24, 2.45) is 0 Å². The fourth-order valence-corrected chi connectivity index (χ4v) is 4.23. The number of para-hydroxylation sites is 2. The first-order valence-corrected chi connectivity index (χ1v) is 10.5. The van der Waals surface area contributed by atoms with E-state index in [1.165, 1.54) is 17.3 Å². The summed E-state index contributed by atoms with van der Waals surface area (Å²) in [4.78, 5) is 17.6. The lowest BCUT2D eigenvalue weighted by molar-refractivity contribution is -0.115. The van der Waals surface area contributed by atoms with Crippen LogP contribution in [0.15, 0.2) is 90.0 Å².